The predicted octanol–water partition coefficient (Wildman–Crippen LogP) is 6.77. The Morgan fingerprint density at radius 1 is 1.20 bits per heavy atom. The summed E-state index contributed by atoms with van der Waals surface area (Å²) in [5.41, 5.74) is 0.751. The lowest BCUT2D eigenvalue weighted by atomic mass is 9.67. The van der Waals surface area contributed by atoms with E-state index in [1.54, 1.807) is 13.8 Å². The number of aliphatic hydroxyl groups is 1. The van der Waals surface area contributed by atoms with Crippen molar-refractivity contribution in [1.82, 2.24) is 10.2 Å². The summed E-state index contributed by atoms with van der Waals surface area (Å²) in [6.07, 6.45) is 3.91. The molecule has 2 aromatic carbocycles. The number of benzene rings is 2. The van der Waals surface area contributed by atoms with E-state index >= 15 is 0 Å². The van der Waals surface area contributed by atoms with Crippen LogP contribution in [0.3, 0.4) is 0 Å². The van der Waals surface area contributed by atoms with Crippen molar-refractivity contribution in [2.45, 2.75) is 70.6 Å². The SMILES string of the molecule is C=CC[C@@]1(C)C[C@H](c2cccc(Cl)c2)[C@@H](c2ccc(Cl)cc2)N([C@@H](CC)CNCC(C)(C)O)C1=O. The van der Waals surface area contributed by atoms with Crippen molar-refractivity contribution in [2.24, 2.45) is 5.41 Å². The zero-order valence-electron chi connectivity index (χ0n) is 21.2. The van der Waals surface area contributed by atoms with E-state index in [0.29, 0.717) is 36.0 Å². The molecule has 0 aromatic heterocycles. The van der Waals surface area contributed by atoms with Gasteiger partial charge in [0.1, 0.15) is 0 Å². The van der Waals surface area contributed by atoms with Gasteiger partial charge in [-0.2, -0.15) is 0 Å². The van der Waals surface area contributed by atoms with Crippen molar-refractivity contribution in [1.29, 1.82) is 0 Å². The second-order valence-corrected chi connectivity index (χ2v) is 11.5. The number of likely N-dealkylation sites (tertiary alicyclic amines) is 1. The van der Waals surface area contributed by atoms with Gasteiger partial charge < -0.3 is 15.3 Å². The lowest BCUT2D eigenvalue weighted by Crippen LogP contribution is -2.57. The van der Waals surface area contributed by atoms with Crippen LogP contribution in [0.2, 0.25) is 10.0 Å². The highest BCUT2D eigenvalue weighted by molar-refractivity contribution is 6.30. The monoisotopic (exact) mass is 516 g/mol. The molecule has 0 spiro atoms. The van der Waals surface area contributed by atoms with E-state index in [9.17, 15) is 9.90 Å². The van der Waals surface area contributed by atoms with E-state index in [-0.39, 0.29) is 23.9 Å². The molecule has 1 amide bonds. The minimum Gasteiger partial charge on any atom is -0.389 e. The number of piperidine rings is 1. The van der Waals surface area contributed by atoms with Crippen molar-refractivity contribution < 1.29 is 9.90 Å². The number of carbonyl (C=O) groups is 1. The summed E-state index contributed by atoms with van der Waals surface area (Å²) in [5, 5.41) is 15.0. The topological polar surface area (TPSA) is 52.6 Å². The van der Waals surface area contributed by atoms with Crippen LogP contribution < -0.4 is 5.32 Å². The average Bonchev–Trinajstić information content (AvgIpc) is 2.79. The van der Waals surface area contributed by atoms with Crippen molar-refractivity contribution in [3.63, 3.8) is 0 Å². The number of nitrogens with zero attached hydrogens (tertiary/aromatic N) is 1. The fourth-order valence-electron chi connectivity index (χ4n) is 5.27. The molecule has 6 heteroatoms. The van der Waals surface area contributed by atoms with Gasteiger partial charge >= 0.3 is 0 Å². The standard InChI is InChI=1S/C29H38Cl2N2O2/c1-6-15-29(5)17-25(21-9-8-10-23(31)16-21)26(20-11-13-22(30)14-12-20)33(27(29)34)24(7-2)18-32-19-28(3,4)35/h6,8-14,16,24-26,32,35H,1,7,15,17-19H2,2-5H3/t24-,25+,26+,29-/m0/s1. The van der Waals surface area contributed by atoms with E-state index in [2.05, 4.69) is 36.7 Å². The first-order valence-corrected chi connectivity index (χ1v) is 13.1. The van der Waals surface area contributed by atoms with Crippen molar-refractivity contribution in [3.05, 3.63) is 82.4 Å². The minimum absolute atomic E-state index is 0.0425. The van der Waals surface area contributed by atoms with Crippen LogP contribution in [0, 0.1) is 5.41 Å². The molecule has 0 radical (unpaired) electrons. The van der Waals surface area contributed by atoms with E-state index in [1.165, 1.54) is 0 Å². The molecular weight excluding hydrogens is 479 g/mol. The Morgan fingerprint density at radius 3 is 2.46 bits per heavy atom. The van der Waals surface area contributed by atoms with Gasteiger partial charge in [0.2, 0.25) is 5.91 Å². The first kappa shape index (κ1) is 27.7. The maximum absolute atomic E-state index is 14.2. The number of hydrogen-bond donors (Lipinski definition) is 2. The Kier molecular flexibility index (Phi) is 9.09. The zero-order valence-corrected chi connectivity index (χ0v) is 22.7. The summed E-state index contributed by atoms with van der Waals surface area (Å²) in [7, 11) is 0. The molecule has 0 unspecified atom stereocenters. The van der Waals surface area contributed by atoms with Gasteiger partial charge in [-0.3, -0.25) is 4.79 Å². The molecule has 4 nitrogen and oxygen atoms in total. The highest BCUT2D eigenvalue weighted by Gasteiger charge is 2.50. The van der Waals surface area contributed by atoms with E-state index in [0.717, 1.165) is 17.5 Å². The normalized spacial score (nSPS) is 23.9. The zero-order chi connectivity index (χ0) is 25.8. The molecule has 1 saturated heterocycles. The molecule has 190 valence electrons. The highest BCUT2D eigenvalue weighted by Crippen LogP contribution is 2.52. The molecule has 4 atom stereocenters. The third kappa shape index (κ3) is 6.68. The maximum atomic E-state index is 14.2. The number of allylic oxidation sites excluding steroid dienone is 1. The molecule has 1 heterocycles. The van der Waals surface area contributed by atoms with Crippen LogP contribution in [-0.2, 0) is 4.79 Å². The highest BCUT2D eigenvalue weighted by atomic mass is 35.5. The molecule has 2 N–H and O–H groups in total. The minimum atomic E-state index is -0.833. The molecule has 3 rings (SSSR count). The lowest BCUT2D eigenvalue weighted by molar-refractivity contribution is -0.154. The summed E-state index contributed by atoms with van der Waals surface area (Å²) < 4.78 is 0. The van der Waals surface area contributed by atoms with Gasteiger partial charge in [-0.05, 0) is 68.5 Å². The van der Waals surface area contributed by atoms with Crippen molar-refractivity contribution in [2.75, 3.05) is 13.1 Å². The molecule has 1 fully saturated rings. The molecule has 2 aromatic rings. The van der Waals surface area contributed by atoms with Crippen LogP contribution >= 0.6 is 23.2 Å². The maximum Gasteiger partial charge on any atom is 0.229 e. The fourth-order valence-corrected chi connectivity index (χ4v) is 5.60. The number of rotatable bonds is 10. The first-order chi connectivity index (χ1) is 16.5. The number of carbonyl (C=O) groups excluding carboxylic acids is 1. The van der Waals surface area contributed by atoms with Crippen LogP contribution in [0.25, 0.3) is 0 Å². The van der Waals surface area contributed by atoms with Crippen LogP contribution in [0.4, 0.5) is 0 Å². The molecule has 0 bridgehead atoms. The van der Waals surface area contributed by atoms with Gasteiger partial charge in [-0.15, -0.1) is 6.58 Å². The Hall–Kier alpha value is -1.85. The van der Waals surface area contributed by atoms with Gasteiger partial charge in [0.15, 0.2) is 0 Å². The van der Waals surface area contributed by atoms with Crippen LogP contribution in [0.5, 0.6) is 0 Å². The largest absolute Gasteiger partial charge is 0.389 e. The third-order valence-corrected chi connectivity index (χ3v) is 7.47. The average molecular weight is 518 g/mol. The van der Waals surface area contributed by atoms with E-state index in [4.69, 9.17) is 23.2 Å². The van der Waals surface area contributed by atoms with Crippen LogP contribution in [0.15, 0.2) is 61.2 Å². The van der Waals surface area contributed by atoms with Crippen LogP contribution in [0.1, 0.15) is 70.0 Å². The van der Waals surface area contributed by atoms with Crippen molar-refractivity contribution in [3.8, 4) is 0 Å². The number of hydrogen-bond acceptors (Lipinski definition) is 3. The Balaban J connectivity index is 2.13. The van der Waals surface area contributed by atoms with Gasteiger partial charge in [-0.25, -0.2) is 0 Å². The Morgan fingerprint density at radius 2 is 1.89 bits per heavy atom. The molecule has 0 aliphatic carbocycles. The summed E-state index contributed by atoms with van der Waals surface area (Å²) in [6, 6.07) is 15.6. The Labute approximate surface area is 220 Å². The first-order valence-electron chi connectivity index (χ1n) is 12.4. The summed E-state index contributed by atoms with van der Waals surface area (Å²) >= 11 is 12.7. The molecule has 0 saturated carbocycles. The number of amides is 1. The fraction of sp³-hybridized carbons (Fsp3) is 0.483. The number of nitrogens with one attached hydrogen (secondary N) is 1. The van der Waals surface area contributed by atoms with Gasteiger partial charge in [-0.1, -0.05) is 67.4 Å². The van der Waals surface area contributed by atoms with Gasteiger partial charge in [0.25, 0.3) is 0 Å². The predicted molar refractivity (Wildman–Crippen MR) is 146 cm³/mol. The summed E-state index contributed by atoms with van der Waals surface area (Å²) in [6.45, 7) is 12.7. The van der Waals surface area contributed by atoms with Crippen molar-refractivity contribution >= 4 is 29.1 Å². The molecular formula is C29H38Cl2N2O2. The molecule has 1 aliphatic rings. The Bertz CT molecular complexity index is 1020. The van der Waals surface area contributed by atoms with E-state index < -0.39 is 11.0 Å². The number of halogens is 2. The molecule has 1 aliphatic heterocycles. The second-order valence-electron chi connectivity index (χ2n) is 10.6. The third-order valence-electron chi connectivity index (χ3n) is 6.99. The lowest BCUT2D eigenvalue weighted by Gasteiger charge is -2.52. The smallest absolute Gasteiger partial charge is 0.229 e. The van der Waals surface area contributed by atoms with Gasteiger partial charge in [0.05, 0.1) is 17.1 Å². The summed E-state index contributed by atoms with van der Waals surface area (Å²) in [4.78, 5) is 16.3. The second kappa shape index (κ2) is 11.5. The summed E-state index contributed by atoms with van der Waals surface area (Å²) in [5.74, 6) is 0.174. The van der Waals surface area contributed by atoms with E-state index in [1.807, 2.05) is 48.5 Å². The molecule has 35 heavy (non-hydrogen) atoms. The quantitative estimate of drug-likeness (QED) is 0.342. The van der Waals surface area contributed by atoms with Crippen LogP contribution in [-0.4, -0.2) is 40.6 Å². The van der Waals surface area contributed by atoms with Gasteiger partial charge in [0, 0.05) is 35.1 Å².